The zero-order chi connectivity index (χ0) is 23.0. The van der Waals surface area contributed by atoms with E-state index >= 15 is 0 Å². The Morgan fingerprint density at radius 3 is 2.22 bits per heavy atom. The zero-order valence-corrected chi connectivity index (χ0v) is 19.2. The molecule has 2 aromatic heterocycles. The number of fused-ring (bicyclic) bond motifs is 1. The molecular weight excluding hydrogens is 448 g/mol. The van der Waals surface area contributed by atoms with Crippen LogP contribution in [0.3, 0.4) is 0 Å². The molecular formula is C22H20N4O4S2. The molecule has 0 atom stereocenters. The van der Waals surface area contributed by atoms with Crippen molar-refractivity contribution in [2.24, 2.45) is 0 Å². The highest BCUT2D eigenvalue weighted by Gasteiger charge is 2.27. The lowest BCUT2D eigenvalue weighted by atomic mass is 10.2. The molecule has 0 saturated carbocycles. The maximum atomic E-state index is 13.3. The van der Waals surface area contributed by atoms with E-state index in [0.717, 1.165) is 25.9 Å². The summed E-state index contributed by atoms with van der Waals surface area (Å²) in [7, 11) is -2.30. The summed E-state index contributed by atoms with van der Waals surface area (Å²) in [5.41, 5.74) is 1.73. The predicted molar refractivity (Wildman–Crippen MR) is 126 cm³/mol. The van der Waals surface area contributed by atoms with Crippen molar-refractivity contribution in [3.63, 3.8) is 0 Å². The Labute approximate surface area is 189 Å². The van der Waals surface area contributed by atoms with E-state index in [1.165, 1.54) is 35.3 Å². The van der Waals surface area contributed by atoms with Crippen LogP contribution in [0, 0.1) is 0 Å². The number of amides is 2. The van der Waals surface area contributed by atoms with Gasteiger partial charge in [-0.05, 0) is 54.6 Å². The Morgan fingerprint density at radius 1 is 1.00 bits per heavy atom. The minimum absolute atomic E-state index is 0.161. The second-order valence-electron chi connectivity index (χ2n) is 7.20. The standard InChI is InChI=1S/C22H20N4O4S2/c1-15(27)24(2)17-7-9-18(10-8-17)26(32(3,29)30)21(28)16-6-11-19-20(14-16)31-22(23-19)25-12-4-5-13-25/h4-14H,1-3H3. The summed E-state index contributed by atoms with van der Waals surface area (Å²) in [6, 6.07) is 14.9. The fraction of sp³-hybridized carbons (Fsp3) is 0.136. The monoisotopic (exact) mass is 468 g/mol. The van der Waals surface area contributed by atoms with Gasteiger partial charge in [-0.25, -0.2) is 17.7 Å². The zero-order valence-electron chi connectivity index (χ0n) is 17.6. The first-order valence-corrected chi connectivity index (χ1v) is 12.2. The van der Waals surface area contributed by atoms with Gasteiger partial charge in [0.05, 0.1) is 22.2 Å². The number of hydrogen-bond donors (Lipinski definition) is 0. The van der Waals surface area contributed by atoms with Gasteiger partial charge in [-0.3, -0.25) is 9.59 Å². The van der Waals surface area contributed by atoms with E-state index in [0.29, 0.717) is 5.69 Å². The summed E-state index contributed by atoms with van der Waals surface area (Å²) in [5, 5.41) is 0.750. The molecule has 8 nitrogen and oxygen atoms in total. The normalized spacial score (nSPS) is 11.5. The van der Waals surface area contributed by atoms with Crippen molar-refractivity contribution in [1.29, 1.82) is 0 Å². The lowest BCUT2D eigenvalue weighted by molar-refractivity contribution is -0.116. The van der Waals surface area contributed by atoms with Crippen LogP contribution in [-0.4, -0.2) is 43.1 Å². The van der Waals surface area contributed by atoms with Crippen LogP contribution >= 0.6 is 11.3 Å². The van der Waals surface area contributed by atoms with Gasteiger partial charge in [-0.15, -0.1) is 0 Å². The maximum absolute atomic E-state index is 13.3. The highest BCUT2D eigenvalue weighted by atomic mass is 32.2. The van der Waals surface area contributed by atoms with Crippen LogP contribution in [0.2, 0.25) is 0 Å². The Bertz CT molecular complexity index is 1410. The smallest absolute Gasteiger partial charge is 0.272 e. The van der Waals surface area contributed by atoms with Crippen LogP contribution in [-0.2, 0) is 14.8 Å². The molecule has 0 N–H and O–H groups in total. The number of nitrogens with zero attached hydrogens (tertiary/aromatic N) is 4. The highest BCUT2D eigenvalue weighted by Crippen LogP contribution is 2.28. The van der Waals surface area contributed by atoms with Crippen molar-refractivity contribution in [2.45, 2.75) is 6.92 Å². The molecule has 2 heterocycles. The van der Waals surface area contributed by atoms with Crippen LogP contribution < -0.4 is 9.21 Å². The number of benzene rings is 2. The van der Waals surface area contributed by atoms with E-state index in [-0.39, 0.29) is 17.2 Å². The van der Waals surface area contributed by atoms with E-state index in [2.05, 4.69) is 4.98 Å². The minimum atomic E-state index is -3.91. The van der Waals surface area contributed by atoms with Crippen LogP contribution in [0.4, 0.5) is 11.4 Å². The van der Waals surface area contributed by atoms with Crippen LogP contribution in [0.25, 0.3) is 15.3 Å². The molecule has 10 heteroatoms. The molecule has 4 rings (SSSR count). The van der Waals surface area contributed by atoms with Crippen LogP contribution in [0.15, 0.2) is 67.0 Å². The van der Waals surface area contributed by atoms with E-state index < -0.39 is 15.9 Å². The number of anilines is 2. The van der Waals surface area contributed by atoms with Crippen molar-refractivity contribution in [3.8, 4) is 5.13 Å². The predicted octanol–water partition coefficient (Wildman–Crippen LogP) is 3.68. The van der Waals surface area contributed by atoms with E-state index in [4.69, 9.17) is 0 Å². The first kappa shape index (κ1) is 21.7. The summed E-state index contributed by atoms with van der Waals surface area (Å²) >= 11 is 1.40. The maximum Gasteiger partial charge on any atom is 0.272 e. The molecule has 0 unspecified atom stereocenters. The number of rotatable bonds is 5. The van der Waals surface area contributed by atoms with Crippen molar-refractivity contribution in [1.82, 2.24) is 9.55 Å². The van der Waals surface area contributed by atoms with Gasteiger partial charge in [0.1, 0.15) is 0 Å². The average molecular weight is 469 g/mol. The molecule has 2 aromatic carbocycles. The first-order chi connectivity index (χ1) is 15.1. The average Bonchev–Trinajstić information content (AvgIpc) is 3.41. The van der Waals surface area contributed by atoms with Crippen molar-refractivity contribution in [2.75, 3.05) is 22.5 Å². The lowest BCUT2D eigenvalue weighted by Gasteiger charge is -2.22. The number of sulfonamides is 1. The van der Waals surface area contributed by atoms with Gasteiger partial charge in [0.25, 0.3) is 5.91 Å². The van der Waals surface area contributed by atoms with Crippen LogP contribution in [0.5, 0.6) is 0 Å². The summed E-state index contributed by atoms with van der Waals surface area (Å²) in [4.78, 5) is 30.8. The fourth-order valence-electron chi connectivity index (χ4n) is 3.19. The molecule has 0 fully saturated rings. The second-order valence-corrected chi connectivity index (χ2v) is 10.0. The Morgan fingerprint density at radius 2 is 1.62 bits per heavy atom. The minimum Gasteiger partial charge on any atom is -0.316 e. The third-order valence-corrected chi connectivity index (χ3v) is 6.98. The number of carbonyl (C=O) groups excluding carboxylic acids is 2. The largest absolute Gasteiger partial charge is 0.316 e. The van der Waals surface area contributed by atoms with Gasteiger partial charge >= 0.3 is 0 Å². The van der Waals surface area contributed by atoms with Gasteiger partial charge in [-0.2, -0.15) is 0 Å². The molecule has 0 aliphatic carbocycles. The van der Waals surface area contributed by atoms with Gasteiger partial charge < -0.3 is 9.47 Å². The molecule has 0 saturated heterocycles. The van der Waals surface area contributed by atoms with Gasteiger partial charge in [0, 0.05) is 37.6 Å². The number of hydrogen-bond acceptors (Lipinski definition) is 6. The topological polar surface area (TPSA) is 92.6 Å². The molecule has 4 aromatic rings. The van der Waals surface area contributed by atoms with E-state index in [9.17, 15) is 18.0 Å². The number of carbonyl (C=O) groups is 2. The van der Waals surface area contributed by atoms with Gasteiger partial charge in [0.15, 0.2) is 5.13 Å². The van der Waals surface area contributed by atoms with Crippen molar-refractivity contribution in [3.05, 3.63) is 72.6 Å². The van der Waals surface area contributed by atoms with Crippen molar-refractivity contribution < 1.29 is 18.0 Å². The molecule has 0 radical (unpaired) electrons. The molecule has 0 aliphatic rings. The van der Waals surface area contributed by atoms with E-state index in [1.54, 1.807) is 37.4 Å². The van der Waals surface area contributed by atoms with E-state index in [1.807, 2.05) is 29.1 Å². The summed E-state index contributed by atoms with van der Waals surface area (Å²) < 4.78 is 28.5. The molecule has 164 valence electrons. The molecule has 32 heavy (non-hydrogen) atoms. The Kier molecular flexibility index (Phi) is 5.57. The lowest BCUT2D eigenvalue weighted by Crippen LogP contribution is -2.36. The highest BCUT2D eigenvalue weighted by molar-refractivity contribution is 7.92. The first-order valence-electron chi connectivity index (χ1n) is 9.58. The number of aromatic nitrogens is 2. The third kappa shape index (κ3) is 4.14. The SMILES string of the molecule is CC(=O)N(C)c1ccc(N(C(=O)c2ccc3nc(-n4cccc4)sc3c2)S(C)(=O)=O)cc1. The third-order valence-electron chi connectivity index (χ3n) is 4.91. The quantitative estimate of drug-likeness (QED) is 0.446. The molecule has 0 bridgehead atoms. The van der Waals surface area contributed by atoms with Crippen LogP contribution in [0.1, 0.15) is 17.3 Å². The second kappa shape index (κ2) is 8.21. The summed E-state index contributed by atoms with van der Waals surface area (Å²) in [6.45, 7) is 1.43. The van der Waals surface area contributed by atoms with Crippen molar-refractivity contribution >= 4 is 54.8 Å². The molecule has 0 spiro atoms. The molecule has 0 aliphatic heterocycles. The Hall–Kier alpha value is -3.50. The molecule has 2 amide bonds. The van der Waals surface area contributed by atoms with Gasteiger partial charge in [-0.1, -0.05) is 11.3 Å². The summed E-state index contributed by atoms with van der Waals surface area (Å²) in [5.74, 6) is -0.830. The fourth-order valence-corrected chi connectivity index (χ4v) is 5.07. The number of thiazole rings is 1. The summed E-state index contributed by atoms with van der Waals surface area (Å²) in [6.07, 6.45) is 4.74. The van der Waals surface area contributed by atoms with Gasteiger partial charge in [0.2, 0.25) is 15.9 Å². The Balaban J connectivity index is 1.71.